The smallest absolute Gasteiger partial charge is 0.208 e. The minimum absolute atomic E-state index is 0.291. The van der Waals surface area contributed by atoms with E-state index in [4.69, 9.17) is 45.8 Å². The Morgan fingerprint density at radius 2 is 1.63 bits per heavy atom. The Hall–Kier alpha value is -2.19. The summed E-state index contributed by atoms with van der Waals surface area (Å²) in [6, 6.07) is 3.18. The lowest BCUT2D eigenvalue weighted by Gasteiger charge is -2.21. The van der Waals surface area contributed by atoms with Gasteiger partial charge in [-0.05, 0) is 12.1 Å². The predicted octanol–water partition coefficient (Wildman–Crippen LogP) is 1.27. The van der Waals surface area contributed by atoms with E-state index in [1.807, 2.05) is 0 Å². The number of hydrogen-bond donors (Lipinski definition) is 5. The van der Waals surface area contributed by atoms with Crippen LogP contribution in [0.3, 0.4) is 0 Å². The molecule has 0 saturated carbocycles. The topological polar surface area (TPSA) is 135 Å². The Morgan fingerprint density at radius 3 is 2.16 bits per heavy atom. The van der Waals surface area contributed by atoms with Crippen molar-refractivity contribution >= 4 is 57.9 Å². The minimum atomic E-state index is -0.397. The van der Waals surface area contributed by atoms with Gasteiger partial charge < -0.3 is 16.5 Å². The zero-order valence-electron chi connectivity index (χ0n) is 9.48. The second-order valence-electron chi connectivity index (χ2n) is 3.59. The van der Waals surface area contributed by atoms with Crippen molar-refractivity contribution in [3.8, 4) is 0 Å². The molecule has 10 heteroatoms. The SMILES string of the molecule is N=C(N)N(Cl)c1cc2nc[nH]c2cc1N(Cl)C(=N)N. The molecule has 100 valence electrons. The second kappa shape index (κ2) is 4.82. The zero-order valence-corrected chi connectivity index (χ0v) is 11.0. The standard InChI is InChI=1S/C9H10Cl2N8/c10-18(8(12)13)6-1-4-5(17-3-16-4)2-7(6)19(11)9(14)15/h1-3H,(H3,12,13)(H3,14,15)(H,16,17). The van der Waals surface area contributed by atoms with Crippen LogP contribution in [0, 0.1) is 10.8 Å². The maximum Gasteiger partial charge on any atom is 0.208 e. The van der Waals surface area contributed by atoms with E-state index in [1.54, 1.807) is 12.1 Å². The molecule has 8 nitrogen and oxygen atoms in total. The molecule has 0 aliphatic rings. The summed E-state index contributed by atoms with van der Waals surface area (Å²) in [5, 5.41) is 14.7. The largest absolute Gasteiger partial charge is 0.369 e. The predicted molar refractivity (Wildman–Crippen MR) is 76.6 cm³/mol. The Morgan fingerprint density at radius 1 is 1.11 bits per heavy atom. The number of aromatic nitrogens is 2. The van der Waals surface area contributed by atoms with Crippen molar-refractivity contribution < 1.29 is 0 Å². The molecular weight excluding hydrogens is 291 g/mol. The van der Waals surface area contributed by atoms with Gasteiger partial charge in [0.2, 0.25) is 11.9 Å². The molecule has 1 aromatic heterocycles. The quantitative estimate of drug-likeness (QED) is 0.323. The minimum Gasteiger partial charge on any atom is -0.369 e. The lowest BCUT2D eigenvalue weighted by atomic mass is 10.2. The zero-order chi connectivity index (χ0) is 14.2. The number of nitrogens with two attached hydrogens (primary N) is 2. The molecule has 0 aliphatic heterocycles. The lowest BCUT2D eigenvalue weighted by Crippen LogP contribution is -2.32. The number of nitrogens with one attached hydrogen (secondary N) is 3. The molecule has 2 aromatic rings. The van der Waals surface area contributed by atoms with Gasteiger partial charge in [0.05, 0.1) is 28.7 Å². The molecule has 0 atom stereocenters. The van der Waals surface area contributed by atoms with Crippen LogP contribution in [0.1, 0.15) is 0 Å². The average Bonchev–Trinajstić information content (AvgIpc) is 2.82. The van der Waals surface area contributed by atoms with E-state index in [0.717, 1.165) is 8.84 Å². The highest BCUT2D eigenvalue weighted by Crippen LogP contribution is 2.34. The summed E-state index contributed by atoms with van der Waals surface area (Å²) in [6.07, 6.45) is 1.50. The van der Waals surface area contributed by atoms with Crippen molar-refractivity contribution in [2.24, 2.45) is 11.5 Å². The van der Waals surface area contributed by atoms with E-state index in [1.165, 1.54) is 6.33 Å². The van der Waals surface area contributed by atoms with Gasteiger partial charge in [0.15, 0.2) is 0 Å². The van der Waals surface area contributed by atoms with E-state index in [2.05, 4.69) is 9.97 Å². The van der Waals surface area contributed by atoms with Crippen LogP contribution in [-0.4, -0.2) is 21.9 Å². The number of guanidine groups is 2. The molecule has 0 radical (unpaired) electrons. The summed E-state index contributed by atoms with van der Waals surface area (Å²) in [7, 11) is 0. The van der Waals surface area contributed by atoms with Crippen molar-refractivity contribution in [3.05, 3.63) is 18.5 Å². The molecule has 1 aromatic carbocycles. The van der Waals surface area contributed by atoms with Gasteiger partial charge in [-0.25, -0.2) is 13.8 Å². The summed E-state index contributed by atoms with van der Waals surface area (Å²) in [4.78, 5) is 6.96. The molecule has 0 fully saturated rings. The maximum atomic E-state index is 7.35. The fourth-order valence-electron chi connectivity index (χ4n) is 1.53. The van der Waals surface area contributed by atoms with Crippen LogP contribution < -0.4 is 20.3 Å². The van der Waals surface area contributed by atoms with Crippen LogP contribution in [0.15, 0.2) is 18.5 Å². The molecule has 0 aliphatic carbocycles. The summed E-state index contributed by atoms with van der Waals surface area (Å²) in [5.41, 5.74) is 12.6. The fraction of sp³-hybridized carbons (Fsp3) is 0. The van der Waals surface area contributed by atoms with Crippen molar-refractivity contribution in [1.82, 2.24) is 9.97 Å². The third-order valence-electron chi connectivity index (χ3n) is 2.36. The van der Waals surface area contributed by atoms with Crippen LogP contribution in [0.2, 0.25) is 0 Å². The summed E-state index contributed by atoms with van der Waals surface area (Å²) >= 11 is 11.8. The third kappa shape index (κ3) is 2.35. The van der Waals surface area contributed by atoms with E-state index in [-0.39, 0.29) is 0 Å². The van der Waals surface area contributed by atoms with E-state index < -0.39 is 11.9 Å². The lowest BCUT2D eigenvalue weighted by molar-refractivity contribution is 1.30. The summed E-state index contributed by atoms with van der Waals surface area (Å²) in [5.74, 6) is -0.790. The van der Waals surface area contributed by atoms with Gasteiger partial charge in [-0.3, -0.25) is 10.8 Å². The van der Waals surface area contributed by atoms with Crippen LogP contribution in [0.25, 0.3) is 11.0 Å². The highest BCUT2D eigenvalue weighted by Gasteiger charge is 2.19. The van der Waals surface area contributed by atoms with Gasteiger partial charge >= 0.3 is 0 Å². The van der Waals surface area contributed by atoms with Crippen molar-refractivity contribution in [3.63, 3.8) is 0 Å². The molecule has 0 saturated heterocycles. The first-order chi connectivity index (χ1) is 8.91. The van der Waals surface area contributed by atoms with Crippen molar-refractivity contribution in [2.75, 3.05) is 8.84 Å². The highest BCUT2D eigenvalue weighted by atomic mass is 35.5. The van der Waals surface area contributed by atoms with Crippen LogP contribution in [0.4, 0.5) is 11.4 Å². The molecular formula is C9H10Cl2N8. The molecule has 0 spiro atoms. The Labute approximate surface area is 118 Å². The molecule has 0 bridgehead atoms. The first kappa shape index (κ1) is 13.2. The number of anilines is 2. The van der Waals surface area contributed by atoms with E-state index in [0.29, 0.717) is 22.4 Å². The third-order valence-corrected chi connectivity index (χ3v) is 3.09. The molecule has 2 rings (SSSR count). The van der Waals surface area contributed by atoms with E-state index >= 15 is 0 Å². The molecule has 1 heterocycles. The van der Waals surface area contributed by atoms with Gasteiger partial charge in [-0.15, -0.1) is 0 Å². The Balaban J connectivity index is 2.66. The molecule has 0 amide bonds. The molecule has 0 unspecified atom stereocenters. The average molecular weight is 301 g/mol. The highest BCUT2D eigenvalue weighted by molar-refractivity contribution is 6.41. The van der Waals surface area contributed by atoms with Crippen LogP contribution in [0.5, 0.6) is 0 Å². The molecule has 19 heavy (non-hydrogen) atoms. The number of nitrogens with zero attached hydrogens (tertiary/aromatic N) is 3. The number of rotatable bonds is 2. The monoisotopic (exact) mass is 300 g/mol. The number of imidazole rings is 1. The Bertz CT molecular complexity index is 597. The number of H-pyrrole nitrogens is 1. The van der Waals surface area contributed by atoms with Gasteiger partial charge in [0.1, 0.15) is 0 Å². The molecule has 7 N–H and O–H groups in total. The maximum absolute atomic E-state index is 7.35. The summed E-state index contributed by atoms with van der Waals surface area (Å²) < 4.78 is 1.79. The number of hydrogen-bond acceptors (Lipinski definition) is 3. The van der Waals surface area contributed by atoms with Gasteiger partial charge in [-0.2, -0.15) is 0 Å². The Kier molecular flexibility index (Phi) is 3.36. The number of fused-ring (bicyclic) bond motifs is 1. The fourth-order valence-corrected chi connectivity index (χ4v) is 1.80. The number of aromatic amines is 1. The van der Waals surface area contributed by atoms with Gasteiger partial charge in [0, 0.05) is 23.6 Å². The normalized spacial score (nSPS) is 10.4. The second-order valence-corrected chi connectivity index (χ2v) is 4.27. The van der Waals surface area contributed by atoms with Gasteiger partial charge in [-0.1, -0.05) is 0 Å². The van der Waals surface area contributed by atoms with Crippen molar-refractivity contribution in [2.45, 2.75) is 0 Å². The van der Waals surface area contributed by atoms with Crippen LogP contribution >= 0.6 is 23.6 Å². The number of halogens is 2. The summed E-state index contributed by atoms with van der Waals surface area (Å²) in [6.45, 7) is 0. The van der Waals surface area contributed by atoms with E-state index in [9.17, 15) is 0 Å². The first-order valence-corrected chi connectivity index (χ1v) is 5.66. The van der Waals surface area contributed by atoms with Crippen molar-refractivity contribution in [1.29, 1.82) is 10.8 Å². The van der Waals surface area contributed by atoms with Crippen LogP contribution in [-0.2, 0) is 0 Å². The number of benzene rings is 1. The first-order valence-electron chi connectivity index (χ1n) is 4.99. The van der Waals surface area contributed by atoms with Gasteiger partial charge in [0.25, 0.3) is 0 Å².